The number of methoxy groups -OCH3 is 3. The molecule has 0 spiro atoms. The Morgan fingerprint density at radius 1 is 0.967 bits per heavy atom. The molecule has 0 aromatic heterocycles. The molecular formula is C23H26N2O5. The van der Waals surface area contributed by atoms with E-state index in [0.29, 0.717) is 42.6 Å². The fraction of sp³-hybridized carbons (Fsp3) is 0.391. The molecule has 1 saturated heterocycles. The van der Waals surface area contributed by atoms with Crippen LogP contribution in [0.1, 0.15) is 17.5 Å². The molecule has 2 heterocycles. The summed E-state index contributed by atoms with van der Waals surface area (Å²) in [5.74, 6) is 1.59. The van der Waals surface area contributed by atoms with E-state index in [4.69, 9.17) is 14.2 Å². The number of para-hydroxylation sites is 2. The first-order valence-electron chi connectivity index (χ1n) is 10.0. The van der Waals surface area contributed by atoms with Gasteiger partial charge in [0.1, 0.15) is 5.75 Å². The number of nitrogens with zero attached hydrogens (tertiary/aromatic N) is 2. The van der Waals surface area contributed by atoms with Crippen LogP contribution in [0, 0.1) is 5.92 Å². The number of anilines is 1. The smallest absolute Gasteiger partial charge is 0.228 e. The van der Waals surface area contributed by atoms with Crippen molar-refractivity contribution in [1.29, 1.82) is 0 Å². The third kappa shape index (κ3) is 3.56. The van der Waals surface area contributed by atoms with E-state index in [1.165, 1.54) is 0 Å². The van der Waals surface area contributed by atoms with Gasteiger partial charge >= 0.3 is 0 Å². The van der Waals surface area contributed by atoms with E-state index in [9.17, 15) is 9.59 Å². The minimum atomic E-state index is -0.357. The van der Waals surface area contributed by atoms with E-state index in [1.807, 2.05) is 41.3 Å². The van der Waals surface area contributed by atoms with Crippen LogP contribution in [-0.2, 0) is 22.6 Å². The van der Waals surface area contributed by atoms with Crippen LogP contribution in [0.2, 0.25) is 0 Å². The average Bonchev–Trinajstić information content (AvgIpc) is 3.18. The summed E-state index contributed by atoms with van der Waals surface area (Å²) in [6.45, 7) is 1.50. The quantitative estimate of drug-likeness (QED) is 0.758. The molecule has 0 radical (unpaired) electrons. The molecule has 0 N–H and O–H groups in total. The maximum Gasteiger partial charge on any atom is 0.228 e. The lowest BCUT2D eigenvalue weighted by Crippen LogP contribution is -2.40. The van der Waals surface area contributed by atoms with Gasteiger partial charge in [-0.25, -0.2) is 0 Å². The van der Waals surface area contributed by atoms with E-state index in [1.54, 1.807) is 26.2 Å². The van der Waals surface area contributed by atoms with Gasteiger partial charge in [-0.05, 0) is 41.8 Å². The zero-order valence-corrected chi connectivity index (χ0v) is 17.5. The monoisotopic (exact) mass is 410 g/mol. The van der Waals surface area contributed by atoms with E-state index >= 15 is 0 Å². The van der Waals surface area contributed by atoms with E-state index in [-0.39, 0.29) is 24.2 Å². The molecule has 1 unspecified atom stereocenters. The van der Waals surface area contributed by atoms with Crippen molar-refractivity contribution in [1.82, 2.24) is 4.90 Å². The summed E-state index contributed by atoms with van der Waals surface area (Å²) < 4.78 is 16.2. The molecule has 4 rings (SSSR count). The molecule has 2 aromatic carbocycles. The summed E-state index contributed by atoms with van der Waals surface area (Å²) in [5.41, 5.74) is 2.93. The largest absolute Gasteiger partial charge is 0.495 e. The molecule has 2 aromatic rings. The van der Waals surface area contributed by atoms with Gasteiger partial charge < -0.3 is 24.0 Å². The standard InChI is InChI=1S/C23H26N2O5/c1-28-19-7-5-4-6-18(19)25-14-17(12-22(25)26)23(27)24-9-8-15-10-20(29-2)21(30-3)11-16(15)13-24/h4-7,10-11,17H,8-9,12-14H2,1-3H3. The van der Waals surface area contributed by atoms with Gasteiger partial charge in [0.2, 0.25) is 11.8 Å². The zero-order chi connectivity index (χ0) is 21.3. The summed E-state index contributed by atoms with van der Waals surface area (Å²) in [6.07, 6.45) is 0.963. The minimum absolute atomic E-state index is 0.0150. The minimum Gasteiger partial charge on any atom is -0.495 e. The van der Waals surface area contributed by atoms with E-state index < -0.39 is 0 Å². The molecular weight excluding hydrogens is 384 g/mol. The number of amides is 2. The number of rotatable bonds is 5. The van der Waals surface area contributed by atoms with Gasteiger partial charge in [-0.15, -0.1) is 0 Å². The van der Waals surface area contributed by atoms with Crippen LogP contribution in [-0.4, -0.2) is 51.1 Å². The second kappa shape index (κ2) is 8.26. The molecule has 30 heavy (non-hydrogen) atoms. The lowest BCUT2D eigenvalue weighted by Gasteiger charge is -2.31. The van der Waals surface area contributed by atoms with Crippen LogP contribution in [0.3, 0.4) is 0 Å². The molecule has 2 aliphatic rings. The SMILES string of the molecule is COc1cc2c(cc1OC)CN(C(=O)C1CC(=O)N(c3ccccc3OC)C1)CC2. The number of hydrogen-bond acceptors (Lipinski definition) is 5. The molecule has 0 saturated carbocycles. The molecule has 7 nitrogen and oxygen atoms in total. The number of benzene rings is 2. The Bertz CT molecular complexity index is 974. The van der Waals surface area contributed by atoms with Gasteiger partial charge in [-0.3, -0.25) is 9.59 Å². The third-order valence-corrected chi connectivity index (χ3v) is 5.88. The maximum atomic E-state index is 13.2. The summed E-state index contributed by atoms with van der Waals surface area (Å²) >= 11 is 0. The molecule has 1 atom stereocenters. The highest BCUT2D eigenvalue weighted by Gasteiger charge is 2.38. The molecule has 2 aliphatic heterocycles. The van der Waals surface area contributed by atoms with E-state index in [2.05, 4.69) is 0 Å². The van der Waals surface area contributed by atoms with Crippen molar-refractivity contribution in [2.45, 2.75) is 19.4 Å². The highest BCUT2D eigenvalue weighted by atomic mass is 16.5. The maximum absolute atomic E-state index is 13.2. The van der Waals surface area contributed by atoms with Crippen molar-refractivity contribution in [2.24, 2.45) is 5.92 Å². The average molecular weight is 410 g/mol. The van der Waals surface area contributed by atoms with Gasteiger partial charge in [-0.1, -0.05) is 12.1 Å². The fourth-order valence-corrected chi connectivity index (χ4v) is 4.29. The second-order valence-corrected chi connectivity index (χ2v) is 7.56. The highest BCUT2D eigenvalue weighted by Crippen LogP contribution is 2.36. The van der Waals surface area contributed by atoms with Crippen LogP contribution >= 0.6 is 0 Å². The van der Waals surface area contributed by atoms with Crippen molar-refractivity contribution >= 4 is 17.5 Å². The lowest BCUT2D eigenvalue weighted by atomic mass is 9.97. The Morgan fingerprint density at radius 3 is 2.33 bits per heavy atom. The molecule has 0 aliphatic carbocycles. The molecule has 158 valence electrons. The highest BCUT2D eigenvalue weighted by molar-refractivity contribution is 6.01. The van der Waals surface area contributed by atoms with E-state index in [0.717, 1.165) is 17.5 Å². The molecule has 1 fully saturated rings. The Kier molecular flexibility index (Phi) is 5.53. The van der Waals surface area contributed by atoms with Crippen molar-refractivity contribution in [2.75, 3.05) is 39.3 Å². The van der Waals surface area contributed by atoms with Crippen molar-refractivity contribution in [3.05, 3.63) is 47.5 Å². The van der Waals surface area contributed by atoms with Gasteiger partial charge in [0.05, 0.1) is 32.9 Å². The van der Waals surface area contributed by atoms with Gasteiger partial charge in [0.25, 0.3) is 0 Å². The summed E-state index contributed by atoms with van der Waals surface area (Å²) in [6, 6.07) is 11.3. The number of ether oxygens (including phenoxy) is 3. The predicted molar refractivity (Wildman–Crippen MR) is 112 cm³/mol. The van der Waals surface area contributed by atoms with Crippen LogP contribution in [0.15, 0.2) is 36.4 Å². The van der Waals surface area contributed by atoms with Crippen LogP contribution in [0.25, 0.3) is 0 Å². The molecule has 2 amide bonds. The third-order valence-electron chi connectivity index (χ3n) is 5.88. The molecule has 7 heteroatoms. The van der Waals surface area contributed by atoms with Crippen LogP contribution in [0.4, 0.5) is 5.69 Å². The first-order chi connectivity index (χ1) is 14.5. The van der Waals surface area contributed by atoms with Gasteiger partial charge in [0, 0.05) is 26.1 Å². The first-order valence-corrected chi connectivity index (χ1v) is 10.0. The topological polar surface area (TPSA) is 68.3 Å². The fourth-order valence-electron chi connectivity index (χ4n) is 4.29. The number of carbonyl (C=O) groups excluding carboxylic acids is 2. The number of fused-ring (bicyclic) bond motifs is 1. The zero-order valence-electron chi connectivity index (χ0n) is 17.5. The van der Waals surface area contributed by atoms with Crippen LogP contribution < -0.4 is 19.1 Å². The Hall–Kier alpha value is -3.22. The van der Waals surface area contributed by atoms with Crippen molar-refractivity contribution in [3.8, 4) is 17.2 Å². The normalized spacial score (nSPS) is 18.2. The second-order valence-electron chi connectivity index (χ2n) is 7.56. The van der Waals surface area contributed by atoms with Gasteiger partial charge in [-0.2, -0.15) is 0 Å². The van der Waals surface area contributed by atoms with Crippen LogP contribution in [0.5, 0.6) is 17.2 Å². The molecule has 0 bridgehead atoms. The predicted octanol–water partition coefficient (Wildman–Crippen LogP) is 2.65. The summed E-state index contributed by atoms with van der Waals surface area (Å²) in [7, 11) is 4.80. The summed E-state index contributed by atoms with van der Waals surface area (Å²) in [5, 5.41) is 0. The Labute approximate surface area is 176 Å². The van der Waals surface area contributed by atoms with Crippen molar-refractivity contribution in [3.63, 3.8) is 0 Å². The Balaban J connectivity index is 1.50. The number of carbonyl (C=O) groups is 2. The lowest BCUT2D eigenvalue weighted by molar-refractivity contribution is -0.136. The summed E-state index contributed by atoms with van der Waals surface area (Å²) in [4.78, 5) is 29.4. The van der Waals surface area contributed by atoms with Crippen molar-refractivity contribution < 1.29 is 23.8 Å². The van der Waals surface area contributed by atoms with Gasteiger partial charge in [0.15, 0.2) is 11.5 Å². The first kappa shape index (κ1) is 20.1. The Morgan fingerprint density at radius 2 is 1.63 bits per heavy atom. The number of hydrogen-bond donors (Lipinski definition) is 0.